The summed E-state index contributed by atoms with van der Waals surface area (Å²) < 4.78 is 11.2. The van der Waals surface area contributed by atoms with Crippen LogP contribution < -0.4 is 9.47 Å². The lowest BCUT2D eigenvalue weighted by atomic mass is 10.2. The number of nitrogens with one attached hydrogen (secondary N) is 1. The molecule has 0 atom stereocenters. The van der Waals surface area contributed by atoms with Crippen LogP contribution in [0.2, 0.25) is 0 Å². The highest BCUT2D eigenvalue weighted by molar-refractivity contribution is 9.10. The number of H-pyrrole nitrogens is 1. The van der Waals surface area contributed by atoms with Crippen molar-refractivity contribution < 1.29 is 9.47 Å². The molecule has 14 heavy (non-hydrogen) atoms. The van der Waals surface area contributed by atoms with Crippen molar-refractivity contribution in [3.05, 3.63) is 16.7 Å². The molecular weight excluding hydrogens is 248 g/mol. The predicted octanol–water partition coefficient (Wildman–Crippen LogP) is 2.34. The number of benzene rings is 1. The van der Waals surface area contributed by atoms with Crippen molar-refractivity contribution in [2.45, 2.75) is 0 Å². The first kappa shape index (κ1) is 9.33. The molecule has 0 fully saturated rings. The van der Waals surface area contributed by atoms with E-state index >= 15 is 0 Å². The number of aromatic nitrogens is 2. The molecule has 1 aromatic heterocycles. The average Bonchev–Trinajstić information content (AvgIpc) is 2.59. The Kier molecular flexibility index (Phi) is 2.33. The third kappa shape index (κ3) is 1.33. The molecule has 5 heteroatoms. The Bertz CT molecular complexity index is 467. The molecule has 1 heterocycles. The van der Waals surface area contributed by atoms with E-state index in [2.05, 4.69) is 26.1 Å². The zero-order valence-electron chi connectivity index (χ0n) is 7.80. The maximum absolute atomic E-state index is 5.24. The molecular formula is C9H9BrN2O2. The van der Waals surface area contributed by atoms with E-state index in [4.69, 9.17) is 9.47 Å². The Hall–Kier alpha value is -1.23. The van der Waals surface area contributed by atoms with Crippen LogP contribution in [0.1, 0.15) is 0 Å². The van der Waals surface area contributed by atoms with Gasteiger partial charge >= 0.3 is 0 Å². The molecule has 0 aliphatic rings. The van der Waals surface area contributed by atoms with Gasteiger partial charge in [-0.2, -0.15) is 5.10 Å². The minimum absolute atomic E-state index is 0.730. The van der Waals surface area contributed by atoms with Crippen molar-refractivity contribution in [1.82, 2.24) is 10.2 Å². The van der Waals surface area contributed by atoms with E-state index in [0.29, 0.717) is 0 Å². The Morgan fingerprint density at radius 2 is 2.07 bits per heavy atom. The van der Waals surface area contributed by atoms with Crippen LogP contribution in [0.5, 0.6) is 11.5 Å². The largest absolute Gasteiger partial charge is 0.497 e. The predicted molar refractivity (Wildman–Crippen MR) is 56.9 cm³/mol. The molecule has 0 spiro atoms. The van der Waals surface area contributed by atoms with Gasteiger partial charge in [-0.05, 0) is 15.9 Å². The van der Waals surface area contributed by atoms with E-state index in [9.17, 15) is 0 Å². The van der Waals surface area contributed by atoms with Gasteiger partial charge in [0, 0.05) is 12.1 Å². The first-order valence-electron chi connectivity index (χ1n) is 4.02. The lowest BCUT2D eigenvalue weighted by Gasteiger charge is -2.04. The maximum atomic E-state index is 5.24. The third-order valence-electron chi connectivity index (χ3n) is 2.00. The molecule has 2 rings (SSSR count). The van der Waals surface area contributed by atoms with Gasteiger partial charge in [0.15, 0.2) is 0 Å². The standard InChI is InChI=1S/C9H9BrN2O2/c1-13-5-3-6-8(7(4-5)14-2)9(10)12-11-6/h3-4H,1-2H3,(H,11,12). The highest BCUT2D eigenvalue weighted by Crippen LogP contribution is 2.34. The number of nitrogens with zero attached hydrogens (tertiary/aromatic N) is 1. The number of hydrogen-bond donors (Lipinski definition) is 1. The van der Waals surface area contributed by atoms with Gasteiger partial charge < -0.3 is 9.47 Å². The van der Waals surface area contributed by atoms with Crippen molar-refractivity contribution in [3.63, 3.8) is 0 Å². The van der Waals surface area contributed by atoms with Gasteiger partial charge in [-0.3, -0.25) is 5.10 Å². The number of aromatic amines is 1. The van der Waals surface area contributed by atoms with E-state index in [-0.39, 0.29) is 0 Å². The molecule has 0 amide bonds. The summed E-state index contributed by atoms with van der Waals surface area (Å²) in [4.78, 5) is 0. The summed E-state index contributed by atoms with van der Waals surface area (Å²) in [5.74, 6) is 1.47. The van der Waals surface area contributed by atoms with Crippen molar-refractivity contribution in [2.75, 3.05) is 14.2 Å². The normalized spacial score (nSPS) is 10.5. The van der Waals surface area contributed by atoms with E-state index in [1.165, 1.54) is 0 Å². The quantitative estimate of drug-likeness (QED) is 0.898. The van der Waals surface area contributed by atoms with Gasteiger partial charge in [0.2, 0.25) is 0 Å². The maximum Gasteiger partial charge on any atom is 0.134 e. The van der Waals surface area contributed by atoms with Crippen molar-refractivity contribution in [1.29, 1.82) is 0 Å². The summed E-state index contributed by atoms with van der Waals surface area (Å²) in [6.45, 7) is 0. The van der Waals surface area contributed by atoms with E-state index < -0.39 is 0 Å². The van der Waals surface area contributed by atoms with Crippen LogP contribution in [0.25, 0.3) is 10.9 Å². The molecule has 2 aromatic rings. The van der Waals surface area contributed by atoms with E-state index in [0.717, 1.165) is 27.0 Å². The van der Waals surface area contributed by atoms with Crippen LogP contribution in [0.4, 0.5) is 0 Å². The molecule has 0 saturated heterocycles. The summed E-state index contributed by atoms with van der Waals surface area (Å²) in [6, 6.07) is 3.67. The molecule has 4 nitrogen and oxygen atoms in total. The first-order chi connectivity index (χ1) is 6.76. The summed E-state index contributed by atoms with van der Waals surface area (Å²) in [6.07, 6.45) is 0. The van der Waals surface area contributed by atoms with Gasteiger partial charge in [0.25, 0.3) is 0 Å². The highest BCUT2D eigenvalue weighted by Gasteiger charge is 2.10. The first-order valence-corrected chi connectivity index (χ1v) is 4.81. The number of rotatable bonds is 2. The molecule has 0 saturated carbocycles. The minimum Gasteiger partial charge on any atom is -0.497 e. The van der Waals surface area contributed by atoms with Crippen molar-refractivity contribution >= 4 is 26.8 Å². The van der Waals surface area contributed by atoms with E-state index in [1.807, 2.05) is 12.1 Å². The average molecular weight is 257 g/mol. The van der Waals surface area contributed by atoms with Gasteiger partial charge in [0.1, 0.15) is 21.6 Å². The lowest BCUT2D eigenvalue weighted by molar-refractivity contribution is 0.398. The summed E-state index contributed by atoms with van der Waals surface area (Å²) in [7, 11) is 3.23. The van der Waals surface area contributed by atoms with Gasteiger partial charge in [-0.15, -0.1) is 0 Å². The van der Waals surface area contributed by atoms with Gasteiger partial charge in [-0.1, -0.05) is 0 Å². The number of hydrogen-bond acceptors (Lipinski definition) is 3. The van der Waals surface area contributed by atoms with E-state index in [1.54, 1.807) is 14.2 Å². The topological polar surface area (TPSA) is 47.1 Å². The molecule has 1 aromatic carbocycles. The zero-order chi connectivity index (χ0) is 10.1. The molecule has 1 N–H and O–H groups in total. The fourth-order valence-electron chi connectivity index (χ4n) is 1.33. The Morgan fingerprint density at radius 3 is 2.71 bits per heavy atom. The summed E-state index contributed by atoms with van der Waals surface area (Å²) >= 11 is 3.37. The molecule has 0 unspecified atom stereocenters. The Balaban J connectivity index is 2.76. The SMILES string of the molecule is COc1cc(OC)c2c(Br)[nH]nc2c1. The smallest absolute Gasteiger partial charge is 0.134 e. The monoisotopic (exact) mass is 256 g/mol. The lowest BCUT2D eigenvalue weighted by Crippen LogP contribution is -1.87. The second kappa shape index (κ2) is 3.49. The van der Waals surface area contributed by atoms with Gasteiger partial charge in [-0.25, -0.2) is 0 Å². The van der Waals surface area contributed by atoms with Crippen LogP contribution in [0.15, 0.2) is 16.7 Å². The van der Waals surface area contributed by atoms with Crippen LogP contribution >= 0.6 is 15.9 Å². The highest BCUT2D eigenvalue weighted by atomic mass is 79.9. The summed E-state index contributed by atoms with van der Waals surface area (Å²) in [5.41, 5.74) is 0.813. The van der Waals surface area contributed by atoms with Gasteiger partial charge in [0.05, 0.1) is 19.6 Å². The van der Waals surface area contributed by atoms with Crippen LogP contribution in [-0.4, -0.2) is 24.4 Å². The molecule has 74 valence electrons. The Morgan fingerprint density at radius 1 is 1.29 bits per heavy atom. The van der Waals surface area contributed by atoms with Crippen LogP contribution in [0, 0.1) is 0 Å². The second-order valence-electron chi connectivity index (χ2n) is 2.76. The molecule has 0 aliphatic heterocycles. The Labute approximate surface area is 89.3 Å². The van der Waals surface area contributed by atoms with Crippen LogP contribution in [-0.2, 0) is 0 Å². The fourth-order valence-corrected chi connectivity index (χ4v) is 1.82. The third-order valence-corrected chi connectivity index (χ3v) is 2.58. The zero-order valence-corrected chi connectivity index (χ0v) is 9.38. The van der Waals surface area contributed by atoms with Crippen molar-refractivity contribution in [3.8, 4) is 11.5 Å². The van der Waals surface area contributed by atoms with Crippen LogP contribution in [0.3, 0.4) is 0 Å². The number of ether oxygens (including phenoxy) is 2. The fraction of sp³-hybridized carbons (Fsp3) is 0.222. The number of methoxy groups -OCH3 is 2. The van der Waals surface area contributed by atoms with Crippen molar-refractivity contribution in [2.24, 2.45) is 0 Å². The number of fused-ring (bicyclic) bond motifs is 1. The molecule has 0 bridgehead atoms. The summed E-state index contributed by atoms with van der Waals surface area (Å²) in [5, 5.41) is 7.86. The molecule has 0 aliphatic carbocycles. The molecule has 0 radical (unpaired) electrons. The number of halogens is 1. The second-order valence-corrected chi connectivity index (χ2v) is 3.55. The minimum atomic E-state index is 0.730.